The lowest BCUT2D eigenvalue weighted by molar-refractivity contribution is -0.0732. The third-order valence-electron chi connectivity index (χ3n) is 1.30. The summed E-state index contributed by atoms with van der Waals surface area (Å²) in [6, 6.07) is 1.54. The zero-order valence-electron chi connectivity index (χ0n) is 6.46. The molecule has 66 valence electrons. The summed E-state index contributed by atoms with van der Waals surface area (Å²) in [6.45, 7) is 0.336. The van der Waals surface area contributed by atoms with Crippen LogP contribution in [0.1, 0.15) is 5.56 Å². The molecular formula is C7H8Cl2N2O. The maximum Gasteiger partial charge on any atom is 0.130 e. The molecule has 0 aromatic carbocycles. The lowest BCUT2D eigenvalue weighted by Gasteiger charge is -2.08. The van der Waals surface area contributed by atoms with Gasteiger partial charge >= 0.3 is 0 Å². The van der Waals surface area contributed by atoms with Crippen molar-refractivity contribution in [2.75, 3.05) is 7.05 Å². The first-order valence-electron chi connectivity index (χ1n) is 3.29. The van der Waals surface area contributed by atoms with E-state index in [1.807, 2.05) is 0 Å². The van der Waals surface area contributed by atoms with Crippen LogP contribution in [0.3, 0.4) is 0 Å². The summed E-state index contributed by atoms with van der Waals surface area (Å²) in [5.74, 6) is 0. The van der Waals surface area contributed by atoms with Crippen LogP contribution < -0.4 is 0 Å². The Labute approximate surface area is 80.5 Å². The molecule has 0 aliphatic carbocycles. The Morgan fingerprint density at radius 3 is 2.75 bits per heavy atom. The first-order chi connectivity index (χ1) is 5.59. The second-order valence-electron chi connectivity index (χ2n) is 2.41. The van der Waals surface area contributed by atoms with Crippen molar-refractivity contribution in [1.82, 2.24) is 10.0 Å². The molecule has 1 aromatic rings. The minimum absolute atomic E-state index is 0.336. The molecule has 0 saturated carbocycles. The van der Waals surface area contributed by atoms with E-state index in [2.05, 4.69) is 4.98 Å². The van der Waals surface area contributed by atoms with Crippen LogP contribution in [0.4, 0.5) is 0 Å². The van der Waals surface area contributed by atoms with Gasteiger partial charge in [0.1, 0.15) is 5.15 Å². The highest BCUT2D eigenvalue weighted by atomic mass is 35.5. The average Bonchev–Trinajstić information content (AvgIpc) is 1.94. The highest BCUT2D eigenvalue weighted by Crippen LogP contribution is 2.19. The topological polar surface area (TPSA) is 36.4 Å². The Morgan fingerprint density at radius 1 is 1.58 bits per heavy atom. The molecule has 0 fully saturated rings. The molecule has 3 nitrogen and oxygen atoms in total. The number of hydroxylamine groups is 2. The minimum Gasteiger partial charge on any atom is -0.314 e. The van der Waals surface area contributed by atoms with Gasteiger partial charge in [-0.2, -0.15) is 5.06 Å². The van der Waals surface area contributed by atoms with Gasteiger partial charge in [0.15, 0.2) is 0 Å². The van der Waals surface area contributed by atoms with Crippen LogP contribution in [0.15, 0.2) is 12.3 Å². The van der Waals surface area contributed by atoms with Crippen LogP contribution in [0.25, 0.3) is 0 Å². The number of hydrogen-bond acceptors (Lipinski definition) is 3. The molecule has 1 aromatic heterocycles. The van der Waals surface area contributed by atoms with E-state index in [-0.39, 0.29) is 0 Å². The van der Waals surface area contributed by atoms with Crippen LogP contribution in [0, 0.1) is 0 Å². The van der Waals surface area contributed by atoms with Gasteiger partial charge in [-0.15, -0.1) is 0 Å². The van der Waals surface area contributed by atoms with Crippen LogP contribution in [0.5, 0.6) is 0 Å². The highest BCUT2D eigenvalue weighted by Gasteiger charge is 2.03. The predicted octanol–water partition coefficient (Wildman–Crippen LogP) is 2.21. The summed E-state index contributed by atoms with van der Waals surface area (Å²) in [5.41, 5.74) is 0.742. The van der Waals surface area contributed by atoms with Gasteiger partial charge in [-0.1, -0.05) is 23.2 Å². The summed E-state index contributed by atoms with van der Waals surface area (Å²) in [6.07, 6.45) is 1.54. The zero-order valence-corrected chi connectivity index (χ0v) is 7.97. The lowest BCUT2D eigenvalue weighted by atomic mass is 10.3. The molecule has 5 heteroatoms. The van der Waals surface area contributed by atoms with Crippen molar-refractivity contribution in [3.05, 3.63) is 28.0 Å². The molecule has 0 spiro atoms. The monoisotopic (exact) mass is 206 g/mol. The smallest absolute Gasteiger partial charge is 0.130 e. The standard InChI is InChI=1S/C7H8Cl2N2O/c1-11(12)4-5-3-10-7(9)2-6(5)8/h2-3,12H,4H2,1H3. The second kappa shape index (κ2) is 4.05. The summed E-state index contributed by atoms with van der Waals surface area (Å²) in [5, 5.41) is 10.8. The normalized spacial score (nSPS) is 10.8. The molecule has 1 rings (SSSR count). The molecule has 12 heavy (non-hydrogen) atoms. The predicted molar refractivity (Wildman–Crippen MR) is 47.5 cm³/mol. The van der Waals surface area contributed by atoms with Gasteiger partial charge < -0.3 is 5.21 Å². The largest absolute Gasteiger partial charge is 0.314 e. The van der Waals surface area contributed by atoms with E-state index in [9.17, 15) is 0 Å². The van der Waals surface area contributed by atoms with Crippen molar-refractivity contribution < 1.29 is 5.21 Å². The summed E-state index contributed by atoms with van der Waals surface area (Å²) in [7, 11) is 1.53. The fourth-order valence-corrected chi connectivity index (χ4v) is 1.22. The maximum atomic E-state index is 8.91. The molecule has 0 aliphatic heterocycles. The van der Waals surface area contributed by atoms with Crippen molar-refractivity contribution in [2.45, 2.75) is 6.54 Å². The summed E-state index contributed by atoms with van der Waals surface area (Å²) >= 11 is 11.4. The lowest BCUT2D eigenvalue weighted by Crippen LogP contribution is -2.12. The average molecular weight is 207 g/mol. The molecule has 1 N–H and O–H groups in total. The second-order valence-corrected chi connectivity index (χ2v) is 3.21. The molecule has 0 bridgehead atoms. The third kappa shape index (κ3) is 2.60. The Morgan fingerprint density at radius 2 is 2.25 bits per heavy atom. The van der Waals surface area contributed by atoms with Crippen molar-refractivity contribution in [3.8, 4) is 0 Å². The van der Waals surface area contributed by atoms with Gasteiger partial charge in [0.2, 0.25) is 0 Å². The molecule has 0 radical (unpaired) electrons. The molecular weight excluding hydrogens is 199 g/mol. The van der Waals surface area contributed by atoms with Crippen LogP contribution >= 0.6 is 23.2 Å². The van der Waals surface area contributed by atoms with E-state index < -0.39 is 0 Å². The van der Waals surface area contributed by atoms with Gasteiger partial charge in [-0.05, 0) is 6.07 Å². The van der Waals surface area contributed by atoms with Crippen molar-refractivity contribution in [3.63, 3.8) is 0 Å². The fraction of sp³-hybridized carbons (Fsp3) is 0.286. The first kappa shape index (κ1) is 9.74. The quantitative estimate of drug-likeness (QED) is 0.596. The Kier molecular flexibility index (Phi) is 3.29. The van der Waals surface area contributed by atoms with E-state index >= 15 is 0 Å². The van der Waals surface area contributed by atoms with Gasteiger partial charge in [-0.25, -0.2) is 4.98 Å². The molecule has 0 aliphatic rings. The minimum atomic E-state index is 0.336. The number of hydrogen-bond donors (Lipinski definition) is 1. The maximum absolute atomic E-state index is 8.91. The van der Waals surface area contributed by atoms with Gasteiger partial charge in [-0.3, -0.25) is 0 Å². The van der Waals surface area contributed by atoms with Gasteiger partial charge in [0.25, 0.3) is 0 Å². The molecule has 0 amide bonds. The highest BCUT2D eigenvalue weighted by molar-refractivity contribution is 6.34. The molecule has 0 saturated heterocycles. The number of pyridine rings is 1. The van der Waals surface area contributed by atoms with Crippen LogP contribution in [0.2, 0.25) is 10.2 Å². The van der Waals surface area contributed by atoms with Gasteiger partial charge in [0, 0.05) is 23.8 Å². The Balaban J connectivity index is 2.86. The zero-order chi connectivity index (χ0) is 9.14. The van der Waals surface area contributed by atoms with E-state index in [1.54, 1.807) is 6.07 Å². The first-order valence-corrected chi connectivity index (χ1v) is 4.05. The Hall–Kier alpha value is -0.350. The number of rotatable bonds is 2. The van der Waals surface area contributed by atoms with E-state index in [1.165, 1.54) is 13.2 Å². The number of halogens is 2. The SMILES string of the molecule is CN(O)Cc1cnc(Cl)cc1Cl. The third-order valence-corrected chi connectivity index (χ3v) is 1.85. The molecule has 1 heterocycles. The van der Waals surface area contributed by atoms with Gasteiger partial charge in [0.05, 0.1) is 6.54 Å². The Bertz CT molecular complexity index is 278. The molecule has 0 atom stereocenters. The van der Waals surface area contributed by atoms with E-state index in [4.69, 9.17) is 28.4 Å². The van der Waals surface area contributed by atoms with Crippen LogP contribution in [-0.2, 0) is 6.54 Å². The summed E-state index contributed by atoms with van der Waals surface area (Å²) in [4.78, 5) is 3.84. The summed E-state index contributed by atoms with van der Waals surface area (Å²) < 4.78 is 0. The number of aromatic nitrogens is 1. The van der Waals surface area contributed by atoms with Crippen molar-refractivity contribution in [1.29, 1.82) is 0 Å². The van der Waals surface area contributed by atoms with Crippen LogP contribution in [-0.4, -0.2) is 22.3 Å². The van der Waals surface area contributed by atoms with Crippen molar-refractivity contribution >= 4 is 23.2 Å². The van der Waals surface area contributed by atoms with E-state index in [0.29, 0.717) is 16.7 Å². The molecule has 0 unspecified atom stereocenters. The van der Waals surface area contributed by atoms with E-state index in [0.717, 1.165) is 10.6 Å². The fourth-order valence-electron chi connectivity index (χ4n) is 0.799. The van der Waals surface area contributed by atoms with Crippen molar-refractivity contribution in [2.24, 2.45) is 0 Å². The number of nitrogens with zero attached hydrogens (tertiary/aromatic N) is 2.